The van der Waals surface area contributed by atoms with Crippen molar-refractivity contribution < 1.29 is 28.5 Å². The summed E-state index contributed by atoms with van der Waals surface area (Å²) in [6, 6.07) is 15.0. The van der Waals surface area contributed by atoms with Crippen LogP contribution in [0.15, 0.2) is 82.2 Å². The summed E-state index contributed by atoms with van der Waals surface area (Å²) in [6.45, 7) is 6.06. The molecule has 2 heterocycles. The highest BCUT2D eigenvalue weighted by molar-refractivity contribution is 5.90. The number of hydrogen-bond donors (Lipinski definition) is 1. The number of aromatic hydroxyl groups is 1. The molecular formula is C29H24O7. The first kappa shape index (κ1) is 23.2. The summed E-state index contributed by atoms with van der Waals surface area (Å²) in [7, 11) is 1.56. The number of carbonyl (C=O) groups excluding carboxylic acids is 1. The summed E-state index contributed by atoms with van der Waals surface area (Å²) in [5.74, 6) is 0.732. The van der Waals surface area contributed by atoms with Gasteiger partial charge in [0.25, 0.3) is 0 Å². The molecule has 36 heavy (non-hydrogen) atoms. The molecule has 0 unspecified atom stereocenters. The molecule has 0 saturated carbocycles. The van der Waals surface area contributed by atoms with Crippen LogP contribution in [0.3, 0.4) is 0 Å². The molecule has 0 aliphatic carbocycles. The molecule has 0 fully saturated rings. The lowest BCUT2D eigenvalue weighted by Gasteiger charge is -2.26. The van der Waals surface area contributed by atoms with Gasteiger partial charge in [0.1, 0.15) is 30.0 Å². The summed E-state index contributed by atoms with van der Waals surface area (Å²) in [5, 5.41) is 9.95. The van der Waals surface area contributed by atoms with E-state index in [4.69, 9.17) is 18.6 Å². The van der Waals surface area contributed by atoms with Gasteiger partial charge in [-0.05, 0) is 60.0 Å². The van der Waals surface area contributed by atoms with Crippen LogP contribution in [0.4, 0.5) is 0 Å². The molecule has 0 amide bonds. The summed E-state index contributed by atoms with van der Waals surface area (Å²) in [5.41, 5.74) is 3.40. The Labute approximate surface area is 207 Å². The maximum absolute atomic E-state index is 13.4. The minimum absolute atomic E-state index is 0.0712. The third kappa shape index (κ3) is 4.20. The molecule has 0 radical (unpaired) electrons. The lowest BCUT2D eigenvalue weighted by molar-refractivity contribution is -0.135. The van der Waals surface area contributed by atoms with Crippen molar-refractivity contribution in [2.45, 2.75) is 19.3 Å². The second-order valence-corrected chi connectivity index (χ2v) is 8.77. The van der Waals surface area contributed by atoms with E-state index < -0.39 is 5.92 Å². The Balaban J connectivity index is 1.65. The van der Waals surface area contributed by atoms with Crippen LogP contribution < -0.4 is 19.6 Å². The summed E-state index contributed by atoms with van der Waals surface area (Å²) in [6.07, 6.45) is 1.47. The topological polar surface area (TPSA) is 95.2 Å². The number of benzene rings is 3. The van der Waals surface area contributed by atoms with Gasteiger partial charge < -0.3 is 23.7 Å². The average Bonchev–Trinajstić information content (AvgIpc) is 2.87. The second-order valence-electron chi connectivity index (χ2n) is 8.77. The second kappa shape index (κ2) is 9.26. The molecule has 0 saturated heterocycles. The molecule has 1 atom stereocenters. The van der Waals surface area contributed by atoms with Crippen LogP contribution in [-0.2, 0) is 4.79 Å². The van der Waals surface area contributed by atoms with Crippen LogP contribution >= 0.6 is 0 Å². The fourth-order valence-electron chi connectivity index (χ4n) is 4.40. The number of methoxy groups -OCH3 is 1. The molecule has 7 nitrogen and oxygen atoms in total. The molecular weight excluding hydrogens is 460 g/mol. The van der Waals surface area contributed by atoms with E-state index in [1.165, 1.54) is 18.4 Å². The van der Waals surface area contributed by atoms with Gasteiger partial charge in [-0.15, -0.1) is 0 Å². The lowest BCUT2D eigenvalue weighted by atomic mass is 9.85. The predicted molar refractivity (Wildman–Crippen MR) is 135 cm³/mol. The smallest absolute Gasteiger partial charge is 0.312 e. The van der Waals surface area contributed by atoms with Crippen molar-refractivity contribution in [1.82, 2.24) is 0 Å². The van der Waals surface area contributed by atoms with Gasteiger partial charge in [0.2, 0.25) is 5.43 Å². The minimum atomic E-state index is -0.425. The van der Waals surface area contributed by atoms with Crippen molar-refractivity contribution in [3.05, 3.63) is 94.4 Å². The highest BCUT2D eigenvalue weighted by Crippen LogP contribution is 2.44. The summed E-state index contributed by atoms with van der Waals surface area (Å²) in [4.78, 5) is 25.9. The zero-order valence-electron chi connectivity index (χ0n) is 19.9. The Hall–Kier alpha value is -4.52. The molecule has 182 valence electrons. The number of phenolic OH excluding ortho intramolecular Hbond substituents is 1. The average molecular weight is 485 g/mol. The van der Waals surface area contributed by atoms with Gasteiger partial charge in [-0.2, -0.15) is 0 Å². The summed E-state index contributed by atoms with van der Waals surface area (Å²) >= 11 is 0. The van der Waals surface area contributed by atoms with Gasteiger partial charge in [-0.25, -0.2) is 0 Å². The van der Waals surface area contributed by atoms with Crippen molar-refractivity contribution in [1.29, 1.82) is 0 Å². The molecule has 1 aliphatic rings. The SMILES string of the molecule is C=C(C)COc1cc([C@H]2CC(=O)Oc3ccc4c(=O)c(-c5ccc(O)cc5)coc4c32)ccc1OC. The number of hydrogen-bond acceptors (Lipinski definition) is 7. The summed E-state index contributed by atoms with van der Waals surface area (Å²) < 4.78 is 22.9. The molecule has 4 aromatic rings. The van der Waals surface area contributed by atoms with Gasteiger partial charge >= 0.3 is 5.97 Å². The molecule has 3 aromatic carbocycles. The zero-order chi connectivity index (χ0) is 25.4. The Kier molecular flexibility index (Phi) is 5.98. The van der Waals surface area contributed by atoms with Crippen molar-refractivity contribution in [3.63, 3.8) is 0 Å². The first-order valence-electron chi connectivity index (χ1n) is 11.4. The number of esters is 1. The Morgan fingerprint density at radius 1 is 1.08 bits per heavy atom. The Morgan fingerprint density at radius 2 is 1.86 bits per heavy atom. The van der Waals surface area contributed by atoms with E-state index in [1.54, 1.807) is 37.4 Å². The van der Waals surface area contributed by atoms with Crippen LogP contribution in [0.1, 0.15) is 30.4 Å². The fraction of sp³-hybridized carbons (Fsp3) is 0.172. The van der Waals surface area contributed by atoms with Crippen LogP contribution in [0, 0.1) is 0 Å². The van der Waals surface area contributed by atoms with Crippen LogP contribution in [-0.4, -0.2) is 24.8 Å². The molecule has 5 rings (SSSR count). The third-order valence-electron chi connectivity index (χ3n) is 6.13. The maximum atomic E-state index is 13.4. The highest BCUT2D eigenvalue weighted by atomic mass is 16.5. The zero-order valence-corrected chi connectivity index (χ0v) is 19.9. The monoisotopic (exact) mass is 484 g/mol. The normalized spacial score (nSPS) is 14.7. The number of fused-ring (bicyclic) bond motifs is 3. The van der Waals surface area contributed by atoms with Crippen molar-refractivity contribution in [3.8, 4) is 34.1 Å². The molecule has 0 spiro atoms. The molecule has 7 heteroatoms. The largest absolute Gasteiger partial charge is 0.508 e. The fourth-order valence-corrected chi connectivity index (χ4v) is 4.40. The number of ether oxygens (including phenoxy) is 3. The first-order valence-corrected chi connectivity index (χ1v) is 11.4. The van der Waals surface area contributed by atoms with E-state index in [0.29, 0.717) is 51.5 Å². The van der Waals surface area contributed by atoms with Crippen molar-refractivity contribution >= 4 is 16.9 Å². The van der Waals surface area contributed by atoms with Gasteiger partial charge in [0, 0.05) is 11.5 Å². The molecule has 1 aromatic heterocycles. The minimum Gasteiger partial charge on any atom is -0.508 e. The van der Waals surface area contributed by atoms with E-state index in [1.807, 2.05) is 19.1 Å². The van der Waals surface area contributed by atoms with Gasteiger partial charge in [0.15, 0.2) is 11.5 Å². The van der Waals surface area contributed by atoms with Gasteiger partial charge in [0.05, 0.1) is 24.5 Å². The van der Waals surface area contributed by atoms with Gasteiger partial charge in [-0.1, -0.05) is 24.8 Å². The molecule has 0 bridgehead atoms. The molecule has 1 aliphatic heterocycles. The number of rotatable bonds is 6. The van der Waals surface area contributed by atoms with E-state index in [-0.39, 0.29) is 23.6 Å². The lowest BCUT2D eigenvalue weighted by Crippen LogP contribution is -2.22. The van der Waals surface area contributed by atoms with E-state index >= 15 is 0 Å². The maximum Gasteiger partial charge on any atom is 0.312 e. The van der Waals surface area contributed by atoms with E-state index in [0.717, 1.165) is 11.1 Å². The first-order chi connectivity index (χ1) is 17.4. The van der Waals surface area contributed by atoms with Crippen LogP contribution in [0.5, 0.6) is 23.0 Å². The third-order valence-corrected chi connectivity index (χ3v) is 6.13. The van der Waals surface area contributed by atoms with Gasteiger partial charge in [-0.3, -0.25) is 9.59 Å². The van der Waals surface area contributed by atoms with Crippen LogP contribution in [0.25, 0.3) is 22.1 Å². The molecule has 1 N–H and O–H groups in total. The number of phenols is 1. The number of carbonyl (C=O) groups is 1. The highest BCUT2D eigenvalue weighted by Gasteiger charge is 2.32. The van der Waals surface area contributed by atoms with Crippen molar-refractivity contribution in [2.75, 3.05) is 13.7 Å². The van der Waals surface area contributed by atoms with E-state index in [2.05, 4.69) is 6.58 Å². The quantitative estimate of drug-likeness (QED) is 0.217. The van der Waals surface area contributed by atoms with Crippen LogP contribution in [0.2, 0.25) is 0 Å². The predicted octanol–water partition coefficient (Wildman–Crippen LogP) is 5.57. The Morgan fingerprint density at radius 3 is 2.58 bits per heavy atom. The Bertz CT molecular complexity index is 1550. The van der Waals surface area contributed by atoms with E-state index in [9.17, 15) is 14.7 Å². The van der Waals surface area contributed by atoms with Crippen molar-refractivity contribution in [2.24, 2.45) is 0 Å². The standard InChI is InChI=1S/C29H24O7/c1-16(2)14-34-25-12-18(6-10-23(25)33-3)21-13-26(31)36-24-11-9-20-28(32)22(15-35-29(20)27(21)24)17-4-7-19(30)8-5-17/h4-12,15,21,30H,1,13-14H2,2-3H3/t21-/m1/s1.